The fourth-order valence-corrected chi connectivity index (χ4v) is 2.55. The first-order valence-corrected chi connectivity index (χ1v) is 8.37. The van der Waals surface area contributed by atoms with Crippen LogP contribution in [0.3, 0.4) is 0 Å². The van der Waals surface area contributed by atoms with Gasteiger partial charge in [-0.3, -0.25) is 4.79 Å². The highest BCUT2D eigenvalue weighted by atomic mass is 79.9. The first kappa shape index (κ1) is 17.7. The minimum atomic E-state index is -0.0420. The average molecular weight is 381 g/mol. The molecule has 1 aromatic heterocycles. The zero-order valence-corrected chi connectivity index (χ0v) is 15.0. The Kier molecular flexibility index (Phi) is 6.80. The summed E-state index contributed by atoms with van der Waals surface area (Å²) in [6, 6.07) is 7.73. The van der Waals surface area contributed by atoms with Crippen LogP contribution in [0.4, 0.5) is 0 Å². The Morgan fingerprint density at radius 1 is 1.39 bits per heavy atom. The Morgan fingerprint density at radius 2 is 2.22 bits per heavy atom. The number of hydrogen-bond acceptors (Lipinski definition) is 4. The molecule has 0 aliphatic heterocycles. The number of carbonyl (C=O) groups is 1. The van der Waals surface area contributed by atoms with Gasteiger partial charge in [-0.2, -0.15) is 0 Å². The normalized spacial score (nSPS) is 10.7. The van der Waals surface area contributed by atoms with Gasteiger partial charge in [0.05, 0.1) is 12.1 Å². The molecule has 2 rings (SSSR count). The number of nitrogens with zero attached hydrogens (tertiary/aromatic N) is 1. The van der Waals surface area contributed by atoms with E-state index in [4.69, 9.17) is 9.15 Å². The van der Waals surface area contributed by atoms with Crippen LogP contribution in [0.1, 0.15) is 24.3 Å². The van der Waals surface area contributed by atoms with E-state index >= 15 is 0 Å². The van der Waals surface area contributed by atoms with Crippen molar-refractivity contribution >= 4 is 21.8 Å². The van der Waals surface area contributed by atoms with Crippen LogP contribution < -0.4 is 5.32 Å². The SMILES string of the molecule is COCCCCNC(=O)Cc1nc(-c2cccc(Br)c2)oc1C. The Balaban J connectivity index is 1.92. The molecule has 0 spiro atoms. The van der Waals surface area contributed by atoms with E-state index in [0.717, 1.165) is 22.9 Å². The van der Waals surface area contributed by atoms with Gasteiger partial charge in [-0.1, -0.05) is 22.0 Å². The summed E-state index contributed by atoms with van der Waals surface area (Å²) >= 11 is 3.43. The topological polar surface area (TPSA) is 64.4 Å². The van der Waals surface area contributed by atoms with Gasteiger partial charge in [0.15, 0.2) is 0 Å². The summed E-state index contributed by atoms with van der Waals surface area (Å²) in [5, 5.41) is 2.89. The summed E-state index contributed by atoms with van der Waals surface area (Å²) < 4.78 is 11.6. The van der Waals surface area contributed by atoms with Gasteiger partial charge in [0.1, 0.15) is 5.76 Å². The largest absolute Gasteiger partial charge is 0.441 e. The van der Waals surface area contributed by atoms with Crippen LogP contribution in [0.15, 0.2) is 33.2 Å². The van der Waals surface area contributed by atoms with E-state index in [0.29, 0.717) is 30.5 Å². The predicted molar refractivity (Wildman–Crippen MR) is 92.2 cm³/mol. The van der Waals surface area contributed by atoms with Gasteiger partial charge in [-0.25, -0.2) is 4.98 Å². The Morgan fingerprint density at radius 3 is 2.96 bits per heavy atom. The van der Waals surface area contributed by atoms with Crippen molar-refractivity contribution in [3.05, 3.63) is 40.2 Å². The highest BCUT2D eigenvalue weighted by molar-refractivity contribution is 9.10. The molecule has 0 aliphatic carbocycles. The van der Waals surface area contributed by atoms with Crippen LogP contribution in [-0.4, -0.2) is 31.2 Å². The van der Waals surface area contributed by atoms with Crippen LogP contribution in [0.5, 0.6) is 0 Å². The number of unbranched alkanes of at least 4 members (excludes halogenated alkanes) is 1. The van der Waals surface area contributed by atoms with Crippen molar-refractivity contribution in [3.8, 4) is 11.5 Å². The number of rotatable bonds is 8. The molecule has 1 amide bonds. The third-order valence-electron chi connectivity index (χ3n) is 3.39. The van der Waals surface area contributed by atoms with Crippen molar-refractivity contribution in [1.29, 1.82) is 0 Å². The summed E-state index contributed by atoms with van der Waals surface area (Å²) in [5.74, 6) is 1.17. The Bertz CT molecular complexity index is 655. The van der Waals surface area contributed by atoms with Crippen molar-refractivity contribution in [1.82, 2.24) is 10.3 Å². The number of oxazole rings is 1. The number of amides is 1. The molecule has 0 fully saturated rings. The van der Waals surface area contributed by atoms with Crippen LogP contribution >= 0.6 is 15.9 Å². The molecule has 0 atom stereocenters. The van der Waals surface area contributed by atoms with Crippen LogP contribution in [0, 0.1) is 6.92 Å². The van der Waals surface area contributed by atoms with Crippen LogP contribution in [0.2, 0.25) is 0 Å². The number of benzene rings is 1. The van der Waals surface area contributed by atoms with E-state index in [1.54, 1.807) is 7.11 Å². The molecule has 0 saturated heterocycles. The number of nitrogens with one attached hydrogen (secondary N) is 1. The fourth-order valence-electron chi connectivity index (χ4n) is 2.15. The maximum atomic E-state index is 12.0. The number of carbonyl (C=O) groups excluding carboxylic acids is 1. The second kappa shape index (κ2) is 8.84. The van der Waals surface area contributed by atoms with Crippen molar-refractivity contribution in [3.63, 3.8) is 0 Å². The summed E-state index contributed by atoms with van der Waals surface area (Å²) in [6.07, 6.45) is 2.07. The molecule has 1 heterocycles. The highest BCUT2D eigenvalue weighted by Gasteiger charge is 2.14. The highest BCUT2D eigenvalue weighted by Crippen LogP contribution is 2.24. The summed E-state index contributed by atoms with van der Waals surface area (Å²) in [4.78, 5) is 16.4. The molecular weight excluding hydrogens is 360 g/mol. The molecule has 5 nitrogen and oxygen atoms in total. The maximum Gasteiger partial charge on any atom is 0.226 e. The van der Waals surface area contributed by atoms with E-state index in [9.17, 15) is 4.79 Å². The van der Waals surface area contributed by atoms with Gasteiger partial charge in [-0.05, 0) is 38.0 Å². The lowest BCUT2D eigenvalue weighted by atomic mass is 10.2. The number of halogens is 1. The van der Waals surface area contributed by atoms with Gasteiger partial charge >= 0.3 is 0 Å². The molecule has 6 heteroatoms. The molecule has 1 aromatic carbocycles. The number of aromatic nitrogens is 1. The predicted octanol–water partition coefficient (Wildman–Crippen LogP) is 3.50. The quantitative estimate of drug-likeness (QED) is 0.711. The van der Waals surface area contributed by atoms with E-state index in [1.165, 1.54) is 0 Å². The molecule has 124 valence electrons. The molecule has 2 aromatic rings. The van der Waals surface area contributed by atoms with E-state index in [-0.39, 0.29) is 12.3 Å². The fraction of sp³-hybridized carbons (Fsp3) is 0.412. The molecule has 1 N–H and O–H groups in total. The third-order valence-corrected chi connectivity index (χ3v) is 3.88. The second-order valence-corrected chi connectivity index (χ2v) is 6.17. The van der Waals surface area contributed by atoms with Gasteiger partial charge in [0.25, 0.3) is 0 Å². The van der Waals surface area contributed by atoms with Gasteiger partial charge in [0, 0.05) is 30.3 Å². The Labute approximate surface area is 144 Å². The lowest BCUT2D eigenvalue weighted by Gasteiger charge is -2.03. The Hall–Kier alpha value is -1.66. The van der Waals surface area contributed by atoms with Crippen molar-refractivity contribution in [2.45, 2.75) is 26.2 Å². The van der Waals surface area contributed by atoms with Crippen molar-refractivity contribution < 1.29 is 13.9 Å². The van der Waals surface area contributed by atoms with Gasteiger partial charge in [-0.15, -0.1) is 0 Å². The lowest BCUT2D eigenvalue weighted by molar-refractivity contribution is -0.120. The zero-order valence-electron chi connectivity index (χ0n) is 13.4. The smallest absolute Gasteiger partial charge is 0.226 e. The molecule has 0 aliphatic rings. The maximum absolute atomic E-state index is 12.0. The van der Waals surface area contributed by atoms with Crippen LogP contribution in [0.25, 0.3) is 11.5 Å². The molecule has 0 radical (unpaired) electrons. The monoisotopic (exact) mass is 380 g/mol. The molecular formula is C17H21BrN2O3. The minimum Gasteiger partial charge on any atom is -0.441 e. The minimum absolute atomic E-state index is 0.0420. The molecule has 0 saturated carbocycles. The van der Waals surface area contributed by atoms with E-state index < -0.39 is 0 Å². The van der Waals surface area contributed by atoms with E-state index in [2.05, 4.69) is 26.2 Å². The lowest BCUT2D eigenvalue weighted by Crippen LogP contribution is -2.26. The number of hydrogen-bond donors (Lipinski definition) is 1. The summed E-state index contributed by atoms with van der Waals surface area (Å²) in [7, 11) is 1.68. The number of aryl methyl sites for hydroxylation is 1. The molecule has 0 bridgehead atoms. The standard InChI is InChI=1S/C17H21BrN2O3/c1-12-15(11-16(21)19-8-3-4-9-22-2)20-17(23-12)13-6-5-7-14(18)10-13/h5-7,10H,3-4,8-9,11H2,1-2H3,(H,19,21). The molecule has 0 unspecified atom stereocenters. The second-order valence-electron chi connectivity index (χ2n) is 5.26. The third kappa shape index (κ3) is 5.48. The van der Waals surface area contributed by atoms with Crippen molar-refractivity contribution in [2.24, 2.45) is 0 Å². The molecule has 23 heavy (non-hydrogen) atoms. The average Bonchev–Trinajstić information content (AvgIpc) is 2.88. The summed E-state index contributed by atoms with van der Waals surface area (Å²) in [6.45, 7) is 3.20. The number of methoxy groups -OCH3 is 1. The van der Waals surface area contributed by atoms with Gasteiger partial charge < -0.3 is 14.5 Å². The first-order valence-electron chi connectivity index (χ1n) is 7.58. The first-order chi connectivity index (χ1) is 11.1. The van der Waals surface area contributed by atoms with Gasteiger partial charge in [0.2, 0.25) is 11.8 Å². The van der Waals surface area contributed by atoms with Crippen LogP contribution in [-0.2, 0) is 16.0 Å². The summed E-state index contributed by atoms with van der Waals surface area (Å²) in [5.41, 5.74) is 1.56. The van der Waals surface area contributed by atoms with Crippen molar-refractivity contribution in [2.75, 3.05) is 20.3 Å². The zero-order chi connectivity index (χ0) is 16.7. The van der Waals surface area contributed by atoms with E-state index in [1.807, 2.05) is 31.2 Å². The number of ether oxygens (including phenoxy) is 1.